The number of aromatic amines is 1. The van der Waals surface area contributed by atoms with Crippen molar-refractivity contribution in [2.75, 3.05) is 19.7 Å². The molecular weight excluding hydrogens is 376 g/mol. The molecule has 3 rings (SSSR count). The second kappa shape index (κ2) is 9.02. The average molecular weight is 406 g/mol. The first-order valence-electron chi connectivity index (χ1n) is 9.98. The summed E-state index contributed by atoms with van der Waals surface area (Å²) >= 11 is 0. The summed E-state index contributed by atoms with van der Waals surface area (Å²) in [7, 11) is 0. The van der Waals surface area contributed by atoms with E-state index in [9.17, 15) is 15.0 Å². The Morgan fingerprint density at radius 3 is 2.66 bits per heavy atom. The van der Waals surface area contributed by atoms with Crippen LogP contribution in [0.2, 0.25) is 0 Å². The van der Waals surface area contributed by atoms with Crippen LogP contribution in [-0.2, 0) is 4.74 Å². The van der Waals surface area contributed by atoms with Gasteiger partial charge in [0, 0.05) is 19.5 Å². The molecule has 3 heterocycles. The number of hydrogen-bond acceptors (Lipinski definition) is 7. The van der Waals surface area contributed by atoms with Crippen LogP contribution < -0.4 is 5.69 Å². The highest BCUT2D eigenvalue weighted by atomic mass is 16.5. The van der Waals surface area contributed by atoms with Crippen molar-refractivity contribution in [2.24, 2.45) is 16.8 Å². The second-order valence-corrected chi connectivity index (χ2v) is 8.32. The van der Waals surface area contributed by atoms with Gasteiger partial charge < -0.3 is 19.8 Å². The van der Waals surface area contributed by atoms with Crippen molar-refractivity contribution in [3.8, 4) is 0 Å². The van der Waals surface area contributed by atoms with Crippen molar-refractivity contribution in [1.29, 1.82) is 0 Å². The fourth-order valence-electron chi connectivity index (χ4n) is 3.52. The number of rotatable bonds is 8. The maximum absolute atomic E-state index is 12.1. The van der Waals surface area contributed by atoms with Crippen molar-refractivity contribution in [2.45, 2.75) is 52.6 Å². The molecule has 29 heavy (non-hydrogen) atoms. The molecule has 3 atom stereocenters. The van der Waals surface area contributed by atoms with E-state index in [1.807, 2.05) is 0 Å². The predicted octanol–water partition coefficient (Wildman–Crippen LogP) is 1.03. The van der Waals surface area contributed by atoms with Gasteiger partial charge in [-0.05, 0) is 11.8 Å². The third-order valence-electron chi connectivity index (χ3n) is 4.67. The van der Waals surface area contributed by atoms with Crippen LogP contribution in [-0.4, -0.2) is 72.9 Å². The Morgan fingerprint density at radius 2 is 2.07 bits per heavy atom. The lowest BCUT2D eigenvalue weighted by atomic mass is 10.1. The number of ether oxygens (including phenoxy) is 1. The Balaban J connectivity index is 1.91. The van der Waals surface area contributed by atoms with Gasteiger partial charge in [0.15, 0.2) is 17.0 Å². The minimum atomic E-state index is -0.789. The summed E-state index contributed by atoms with van der Waals surface area (Å²) in [6.45, 7) is 10.00. The molecule has 2 aromatic rings. The summed E-state index contributed by atoms with van der Waals surface area (Å²) in [5.41, 5.74) is 0.235. The molecule has 1 aliphatic heterocycles. The SMILES string of the molecule is CC(C)CN(/C=N/c1[nH]c(=O)nc2c1ncn2C1CC(O)C(CO)O1)CC(C)C. The summed E-state index contributed by atoms with van der Waals surface area (Å²) in [6, 6.07) is 0. The number of aliphatic hydroxyl groups is 2. The minimum Gasteiger partial charge on any atom is -0.394 e. The van der Waals surface area contributed by atoms with Crippen molar-refractivity contribution in [1.82, 2.24) is 24.4 Å². The summed E-state index contributed by atoms with van der Waals surface area (Å²) in [6.07, 6.45) is 1.51. The monoisotopic (exact) mass is 406 g/mol. The van der Waals surface area contributed by atoms with Crippen LogP contribution in [0, 0.1) is 11.8 Å². The van der Waals surface area contributed by atoms with E-state index in [1.54, 1.807) is 10.9 Å². The lowest BCUT2D eigenvalue weighted by Gasteiger charge is -2.23. The molecule has 0 aromatic carbocycles. The van der Waals surface area contributed by atoms with Gasteiger partial charge in [-0.25, -0.2) is 14.8 Å². The minimum absolute atomic E-state index is 0.278. The highest BCUT2D eigenvalue weighted by molar-refractivity contribution is 5.82. The molecule has 0 radical (unpaired) electrons. The molecule has 1 fully saturated rings. The normalized spacial score (nSPS) is 22.6. The van der Waals surface area contributed by atoms with Gasteiger partial charge >= 0.3 is 5.69 Å². The molecule has 0 bridgehead atoms. The fourth-order valence-corrected chi connectivity index (χ4v) is 3.52. The summed E-state index contributed by atoms with van der Waals surface area (Å²) in [5, 5.41) is 19.3. The van der Waals surface area contributed by atoms with Crippen LogP contribution in [0.5, 0.6) is 0 Å². The van der Waals surface area contributed by atoms with Crippen molar-refractivity contribution >= 4 is 23.3 Å². The number of fused-ring (bicyclic) bond motifs is 1. The highest BCUT2D eigenvalue weighted by Gasteiger charge is 2.35. The van der Waals surface area contributed by atoms with Gasteiger partial charge in [0.25, 0.3) is 0 Å². The number of aromatic nitrogens is 4. The molecule has 160 valence electrons. The van der Waals surface area contributed by atoms with Crippen LogP contribution in [0.4, 0.5) is 5.82 Å². The molecule has 1 saturated heterocycles. The van der Waals surface area contributed by atoms with Crippen LogP contribution in [0.15, 0.2) is 16.1 Å². The number of H-pyrrole nitrogens is 1. The molecule has 0 amide bonds. The van der Waals surface area contributed by atoms with E-state index in [2.05, 4.69) is 52.5 Å². The average Bonchev–Trinajstić information content (AvgIpc) is 3.21. The quantitative estimate of drug-likeness (QED) is 0.441. The van der Waals surface area contributed by atoms with Crippen LogP contribution in [0.1, 0.15) is 40.3 Å². The van der Waals surface area contributed by atoms with Gasteiger partial charge in [-0.15, -0.1) is 0 Å². The zero-order chi connectivity index (χ0) is 21.1. The summed E-state index contributed by atoms with van der Waals surface area (Å²) in [4.78, 5) is 29.8. The number of nitrogens with one attached hydrogen (secondary N) is 1. The van der Waals surface area contributed by atoms with Crippen molar-refractivity contribution in [3.05, 3.63) is 16.8 Å². The first kappa shape index (κ1) is 21.4. The maximum atomic E-state index is 12.1. The predicted molar refractivity (Wildman–Crippen MR) is 109 cm³/mol. The Morgan fingerprint density at radius 1 is 1.38 bits per heavy atom. The largest absolute Gasteiger partial charge is 0.394 e. The zero-order valence-electron chi connectivity index (χ0n) is 17.3. The van der Waals surface area contributed by atoms with Gasteiger partial charge in [-0.1, -0.05) is 27.7 Å². The number of aliphatic hydroxyl groups excluding tert-OH is 2. The molecule has 0 saturated carbocycles. The molecular formula is C19H30N6O4. The zero-order valence-corrected chi connectivity index (χ0v) is 17.3. The molecule has 3 unspecified atom stereocenters. The van der Waals surface area contributed by atoms with E-state index < -0.39 is 24.1 Å². The molecule has 2 aromatic heterocycles. The fraction of sp³-hybridized carbons (Fsp3) is 0.684. The topological polar surface area (TPSA) is 129 Å². The van der Waals surface area contributed by atoms with Gasteiger partial charge in [0.1, 0.15) is 12.3 Å². The Kier molecular flexibility index (Phi) is 6.66. The van der Waals surface area contributed by atoms with Crippen LogP contribution >= 0.6 is 0 Å². The van der Waals surface area contributed by atoms with Gasteiger partial charge in [-0.2, -0.15) is 4.98 Å². The Bertz CT molecular complexity index is 896. The standard InChI is InChI=1S/C19H30N6O4/c1-11(2)6-24(7-12(3)4)9-21-17-16-18(23-19(28)22-17)25(10-20-16)15-5-13(27)14(8-26)29-15/h9-15,26-27H,5-8H2,1-4H3,(H,22,23,28)/b21-9+. The van der Waals surface area contributed by atoms with E-state index in [4.69, 9.17) is 4.74 Å². The van der Waals surface area contributed by atoms with Crippen LogP contribution in [0.3, 0.4) is 0 Å². The molecule has 3 N–H and O–H groups in total. The van der Waals surface area contributed by atoms with Crippen molar-refractivity contribution in [3.63, 3.8) is 0 Å². The highest BCUT2D eigenvalue weighted by Crippen LogP contribution is 2.31. The van der Waals surface area contributed by atoms with E-state index in [-0.39, 0.29) is 13.0 Å². The van der Waals surface area contributed by atoms with E-state index in [0.717, 1.165) is 13.1 Å². The molecule has 0 aliphatic carbocycles. The third-order valence-corrected chi connectivity index (χ3v) is 4.67. The number of aliphatic imine (C=N–C) groups is 1. The second-order valence-electron chi connectivity index (χ2n) is 8.32. The first-order chi connectivity index (χ1) is 13.8. The lowest BCUT2D eigenvalue weighted by molar-refractivity contribution is -0.0432. The maximum Gasteiger partial charge on any atom is 0.348 e. The van der Waals surface area contributed by atoms with Crippen LogP contribution in [0.25, 0.3) is 11.2 Å². The molecule has 1 aliphatic rings. The number of nitrogens with zero attached hydrogens (tertiary/aromatic N) is 5. The van der Waals surface area contributed by atoms with E-state index in [1.165, 1.54) is 6.33 Å². The third kappa shape index (κ3) is 5.01. The number of imidazole rings is 1. The van der Waals surface area contributed by atoms with Gasteiger partial charge in [-0.3, -0.25) is 9.55 Å². The molecule has 10 heteroatoms. The smallest absolute Gasteiger partial charge is 0.348 e. The van der Waals surface area contributed by atoms with Gasteiger partial charge in [0.05, 0.1) is 25.4 Å². The lowest BCUT2D eigenvalue weighted by Crippen LogP contribution is -2.30. The van der Waals surface area contributed by atoms with Gasteiger partial charge in [0.2, 0.25) is 0 Å². The molecule has 10 nitrogen and oxygen atoms in total. The van der Waals surface area contributed by atoms with E-state index in [0.29, 0.717) is 28.8 Å². The summed E-state index contributed by atoms with van der Waals surface area (Å²) < 4.78 is 7.26. The molecule has 0 spiro atoms. The van der Waals surface area contributed by atoms with Crippen molar-refractivity contribution < 1.29 is 14.9 Å². The van der Waals surface area contributed by atoms with E-state index >= 15 is 0 Å². The Hall–Kier alpha value is -2.30. The Labute approximate surface area is 169 Å². The number of hydrogen-bond donors (Lipinski definition) is 3. The summed E-state index contributed by atoms with van der Waals surface area (Å²) in [5.74, 6) is 1.27. The first-order valence-corrected chi connectivity index (χ1v) is 9.98.